The normalized spacial score (nSPS) is 11.8. The molecule has 1 aromatic heterocycles. The molecule has 0 aliphatic rings. The molecule has 2 aromatic carbocycles. The van der Waals surface area contributed by atoms with E-state index in [0.29, 0.717) is 6.04 Å². The molecule has 0 aliphatic heterocycles. The Balaban J connectivity index is 1.66. The van der Waals surface area contributed by atoms with Gasteiger partial charge in [-0.1, -0.05) is 36.4 Å². The number of rotatable bonds is 8. The van der Waals surface area contributed by atoms with Crippen LogP contribution < -0.4 is 10.0 Å². The second-order valence-electron chi connectivity index (χ2n) is 7.49. The third kappa shape index (κ3) is 5.31. The van der Waals surface area contributed by atoms with Gasteiger partial charge in [-0.15, -0.1) is 0 Å². The van der Waals surface area contributed by atoms with E-state index >= 15 is 0 Å². The fourth-order valence-corrected chi connectivity index (χ4v) is 3.47. The van der Waals surface area contributed by atoms with Gasteiger partial charge in [0.2, 0.25) is 0 Å². The molecule has 6 heteroatoms. The first-order valence-electron chi connectivity index (χ1n) is 9.90. The van der Waals surface area contributed by atoms with Gasteiger partial charge in [0.25, 0.3) is 11.7 Å². The number of nitrogens with zero attached hydrogens (tertiary/aromatic N) is 2. The number of amides is 1. The zero-order valence-electron chi connectivity index (χ0n) is 17.2. The Morgan fingerprint density at radius 2 is 1.93 bits per heavy atom. The van der Waals surface area contributed by atoms with Crippen LogP contribution in [0.4, 0.5) is 0 Å². The van der Waals surface area contributed by atoms with Crippen molar-refractivity contribution in [1.82, 2.24) is 15.4 Å². The lowest BCUT2D eigenvalue weighted by Gasteiger charge is -2.26. The lowest BCUT2D eigenvalue weighted by molar-refractivity contribution is -0.677. The topological polar surface area (TPSA) is 72.2 Å². The maximum atomic E-state index is 11.1. The van der Waals surface area contributed by atoms with E-state index in [9.17, 15) is 4.79 Å². The number of imidazole rings is 1. The van der Waals surface area contributed by atoms with Crippen LogP contribution in [0.2, 0.25) is 0 Å². The third-order valence-electron chi connectivity index (χ3n) is 5.16. The van der Waals surface area contributed by atoms with Gasteiger partial charge in [0, 0.05) is 32.1 Å². The van der Waals surface area contributed by atoms with Crippen molar-refractivity contribution in [2.75, 3.05) is 6.54 Å². The number of aromatic nitrogens is 2. The number of para-hydroxylation sites is 2. The average Bonchev–Trinajstić information content (AvgIpc) is 3.05. The summed E-state index contributed by atoms with van der Waals surface area (Å²) in [5.74, 6) is 0.628. The van der Waals surface area contributed by atoms with Crippen LogP contribution in [-0.4, -0.2) is 33.6 Å². The van der Waals surface area contributed by atoms with Crippen molar-refractivity contribution in [3.8, 4) is 0 Å². The molecule has 1 amide bonds. The van der Waals surface area contributed by atoms with E-state index in [1.54, 1.807) is 11.6 Å². The number of H-pyrrole nitrogens is 1. The van der Waals surface area contributed by atoms with Gasteiger partial charge in [-0.25, -0.2) is 15.0 Å². The minimum absolute atomic E-state index is 0.425. The molecule has 0 saturated heterocycles. The number of hydrogen-bond acceptors (Lipinski definition) is 3. The number of aryl methyl sites for hydroxylation is 1. The minimum Gasteiger partial charge on any atom is -0.293 e. The number of benzene rings is 2. The highest BCUT2D eigenvalue weighted by molar-refractivity contribution is 5.90. The highest BCUT2D eigenvalue weighted by Crippen LogP contribution is 2.12. The van der Waals surface area contributed by atoms with Crippen LogP contribution in [-0.2, 0) is 17.9 Å². The third-order valence-corrected chi connectivity index (χ3v) is 5.16. The Morgan fingerprint density at radius 3 is 2.62 bits per heavy atom. The Bertz CT molecular complexity index is 990. The van der Waals surface area contributed by atoms with E-state index in [1.165, 1.54) is 22.7 Å². The Hall–Kier alpha value is -2.96. The number of hydroxylamine groups is 1. The monoisotopic (exact) mass is 393 g/mol. The largest absolute Gasteiger partial charge is 0.293 e. The minimum atomic E-state index is -0.537. The highest BCUT2D eigenvalue weighted by atomic mass is 16.5. The van der Waals surface area contributed by atoms with Crippen LogP contribution in [0, 0.1) is 6.92 Å². The van der Waals surface area contributed by atoms with Crippen molar-refractivity contribution in [3.63, 3.8) is 0 Å². The van der Waals surface area contributed by atoms with Crippen molar-refractivity contribution in [2.24, 2.45) is 0 Å². The van der Waals surface area contributed by atoms with Crippen molar-refractivity contribution < 1.29 is 14.6 Å². The molecule has 0 aliphatic carbocycles. The molecule has 0 atom stereocenters. The zero-order chi connectivity index (χ0) is 20.8. The molecule has 29 heavy (non-hydrogen) atoms. The lowest BCUT2D eigenvalue weighted by Crippen LogP contribution is -2.43. The summed E-state index contributed by atoms with van der Waals surface area (Å²) in [5, 5.41) is 8.54. The van der Waals surface area contributed by atoms with Gasteiger partial charge in [0.05, 0.1) is 0 Å². The molecule has 1 heterocycles. The predicted molar refractivity (Wildman–Crippen MR) is 114 cm³/mol. The van der Waals surface area contributed by atoms with Crippen LogP contribution in [0.15, 0.2) is 54.6 Å². The summed E-state index contributed by atoms with van der Waals surface area (Å²) in [5.41, 5.74) is 6.13. The second-order valence-corrected chi connectivity index (χ2v) is 7.49. The molecule has 0 radical (unpaired) electrons. The van der Waals surface area contributed by atoms with Gasteiger partial charge in [0.15, 0.2) is 11.0 Å². The summed E-state index contributed by atoms with van der Waals surface area (Å²) in [7, 11) is 0. The molecule has 152 valence electrons. The summed E-state index contributed by atoms with van der Waals surface area (Å²) >= 11 is 0. The number of carbonyl (C=O) groups is 1. The fourth-order valence-electron chi connectivity index (χ4n) is 3.47. The van der Waals surface area contributed by atoms with E-state index in [0.717, 1.165) is 31.0 Å². The SMILES string of the molecule is Cc1[nH]c2ccccc2[n+]1CCN(Cc1ccc(/C=C/C(=O)NO)cc1)C(C)C. The maximum Gasteiger partial charge on any atom is 0.267 e. The smallest absolute Gasteiger partial charge is 0.267 e. The highest BCUT2D eigenvalue weighted by Gasteiger charge is 2.17. The van der Waals surface area contributed by atoms with E-state index in [-0.39, 0.29) is 0 Å². The van der Waals surface area contributed by atoms with Gasteiger partial charge in [-0.2, -0.15) is 0 Å². The van der Waals surface area contributed by atoms with Crippen LogP contribution in [0.25, 0.3) is 17.1 Å². The molecule has 3 N–H and O–H groups in total. The van der Waals surface area contributed by atoms with Gasteiger partial charge in [0.1, 0.15) is 6.54 Å². The summed E-state index contributed by atoms with van der Waals surface area (Å²) in [4.78, 5) is 17.0. The predicted octanol–water partition coefficient (Wildman–Crippen LogP) is 3.19. The molecule has 0 unspecified atom stereocenters. The number of aromatic amines is 1. The summed E-state index contributed by atoms with van der Waals surface area (Å²) < 4.78 is 2.34. The van der Waals surface area contributed by atoms with E-state index in [1.807, 2.05) is 12.1 Å². The number of nitrogens with one attached hydrogen (secondary N) is 2. The second kappa shape index (κ2) is 9.49. The molecule has 0 spiro atoms. The van der Waals surface area contributed by atoms with Crippen LogP contribution in [0.1, 0.15) is 30.8 Å². The average molecular weight is 394 g/mol. The van der Waals surface area contributed by atoms with E-state index in [4.69, 9.17) is 5.21 Å². The molecular formula is C23H29N4O2+. The van der Waals surface area contributed by atoms with Gasteiger partial charge >= 0.3 is 0 Å². The van der Waals surface area contributed by atoms with E-state index < -0.39 is 5.91 Å². The summed E-state index contributed by atoms with van der Waals surface area (Å²) in [6.45, 7) is 9.28. The first kappa shape index (κ1) is 20.8. The van der Waals surface area contributed by atoms with Gasteiger partial charge in [-0.3, -0.25) is 14.9 Å². The fraction of sp³-hybridized carbons (Fsp3) is 0.304. The molecule has 3 rings (SSSR count). The molecule has 0 fully saturated rings. The maximum absolute atomic E-state index is 11.1. The van der Waals surface area contributed by atoms with Crippen molar-refractivity contribution in [3.05, 3.63) is 71.6 Å². The van der Waals surface area contributed by atoms with Crippen LogP contribution in [0.5, 0.6) is 0 Å². The van der Waals surface area contributed by atoms with Crippen molar-refractivity contribution in [1.29, 1.82) is 0 Å². The van der Waals surface area contributed by atoms with Crippen molar-refractivity contribution in [2.45, 2.75) is 39.9 Å². The number of carbonyl (C=O) groups excluding carboxylic acids is 1. The first-order chi connectivity index (χ1) is 14.0. The van der Waals surface area contributed by atoms with Gasteiger partial charge < -0.3 is 0 Å². The standard InChI is InChI=1S/C23H28N4O2/c1-17(2)26(14-15-27-18(3)24-21-6-4-5-7-22(21)27)16-20-10-8-19(9-11-20)12-13-23(28)25-29/h4-13,17H,14-16H2,1-3H3,(H2,25,28,29)/p+1/b13-12+. The van der Waals surface area contributed by atoms with Crippen LogP contribution >= 0.6 is 0 Å². The molecule has 0 bridgehead atoms. The van der Waals surface area contributed by atoms with E-state index in [2.05, 4.69) is 71.6 Å². The molecule has 6 nitrogen and oxygen atoms in total. The summed E-state index contributed by atoms with van der Waals surface area (Å²) in [6.07, 6.45) is 2.97. The molecule has 3 aromatic rings. The molecule has 0 saturated carbocycles. The van der Waals surface area contributed by atoms with Crippen molar-refractivity contribution >= 4 is 23.0 Å². The van der Waals surface area contributed by atoms with Crippen LogP contribution in [0.3, 0.4) is 0 Å². The quantitative estimate of drug-likeness (QED) is 0.238. The Labute approximate surface area is 171 Å². The first-order valence-corrected chi connectivity index (χ1v) is 9.90. The zero-order valence-corrected chi connectivity index (χ0v) is 17.2. The lowest BCUT2D eigenvalue weighted by atomic mass is 10.1. The Kier molecular flexibility index (Phi) is 6.80. The Morgan fingerprint density at radius 1 is 1.21 bits per heavy atom. The number of fused-ring (bicyclic) bond motifs is 1. The molecular weight excluding hydrogens is 364 g/mol. The number of hydrogen-bond donors (Lipinski definition) is 3. The van der Waals surface area contributed by atoms with Gasteiger partial charge in [-0.05, 0) is 43.2 Å². The summed E-state index contributed by atoms with van der Waals surface area (Å²) in [6, 6.07) is 16.9.